The van der Waals surface area contributed by atoms with Crippen LogP contribution in [0.15, 0.2) is 91.0 Å². The zero-order valence-electron chi connectivity index (χ0n) is 23.9. The number of hydrogen-bond donors (Lipinski definition) is 1. The highest BCUT2D eigenvalue weighted by Crippen LogP contribution is 2.34. The summed E-state index contributed by atoms with van der Waals surface area (Å²) in [6, 6.07) is 32.2. The van der Waals surface area contributed by atoms with E-state index in [2.05, 4.69) is 87.6 Å². The van der Waals surface area contributed by atoms with Gasteiger partial charge < -0.3 is 14.8 Å². The lowest BCUT2D eigenvalue weighted by Crippen LogP contribution is -2.34. The molecule has 0 aliphatic carbocycles. The van der Waals surface area contributed by atoms with Gasteiger partial charge in [0.1, 0.15) is 0 Å². The quantitative estimate of drug-likeness (QED) is 0.204. The van der Waals surface area contributed by atoms with E-state index in [1.54, 1.807) is 0 Å². The van der Waals surface area contributed by atoms with Crippen molar-refractivity contribution in [3.8, 4) is 11.3 Å². The van der Waals surface area contributed by atoms with Gasteiger partial charge in [-0.1, -0.05) is 86.1 Å². The largest absolute Gasteiger partial charge is 0.340 e. The van der Waals surface area contributed by atoms with E-state index in [0.717, 1.165) is 56.2 Å². The number of halogens is 1. The van der Waals surface area contributed by atoms with Crippen molar-refractivity contribution in [2.75, 3.05) is 25.0 Å². The summed E-state index contributed by atoms with van der Waals surface area (Å²) >= 11 is 6.22. The van der Waals surface area contributed by atoms with Crippen molar-refractivity contribution >= 4 is 44.9 Å². The Morgan fingerprint density at radius 2 is 1.63 bits per heavy atom. The molecule has 4 nitrogen and oxygen atoms in total. The van der Waals surface area contributed by atoms with Crippen LogP contribution in [0.25, 0.3) is 32.9 Å². The zero-order valence-corrected chi connectivity index (χ0v) is 24.7. The molecular weight excluding hydrogens is 526 g/mol. The van der Waals surface area contributed by atoms with Crippen LogP contribution in [-0.2, 0) is 11.3 Å². The van der Waals surface area contributed by atoms with Crippen molar-refractivity contribution in [3.05, 3.63) is 102 Å². The maximum Gasteiger partial charge on any atom is 0.226 e. The van der Waals surface area contributed by atoms with Gasteiger partial charge in [-0.15, -0.1) is 0 Å². The maximum atomic E-state index is 12.2. The lowest BCUT2D eigenvalue weighted by atomic mass is 9.89. The summed E-state index contributed by atoms with van der Waals surface area (Å²) in [4.78, 5) is 14.8. The number of benzene rings is 4. The summed E-state index contributed by atoms with van der Waals surface area (Å²) in [5, 5.41) is 7.67. The van der Waals surface area contributed by atoms with Gasteiger partial charge in [-0.05, 0) is 91.7 Å². The van der Waals surface area contributed by atoms with E-state index < -0.39 is 0 Å². The molecule has 1 saturated heterocycles. The Labute approximate surface area is 247 Å². The SMILES string of the molecule is CC(C)C(=O)Nc1cccc(C2CCN(CCCn3c(-c4ccc(Cl)cc4)cc4ccc5ccccc5c43)CC2)c1. The highest BCUT2D eigenvalue weighted by atomic mass is 35.5. The molecular formula is C36H38ClN3O. The minimum absolute atomic E-state index is 0.0209. The fraction of sp³-hybridized carbons (Fsp3) is 0.306. The molecule has 5 heteroatoms. The number of nitrogens with zero attached hydrogens (tertiary/aromatic N) is 2. The molecule has 6 rings (SSSR count). The summed E-state index contributed by atoms with van der Waals surface area (Å²) in [6.45, 7) is 8.11. The minimum Gasteiger partial charge on any atom is -0.340 e. The summed E-state index contributed by atoms with van der Waals surface area (Å²) in [5.41, 5.74) is 6.01. The van der Waals surface area contributed by atoms with Crippen molar-refractivity contribution in [2.24, 2.45) is 5.92 Å². The van der Waals surface area contributed by atoms with Gasteiger partial charge in [0.15, 0.2) is 0 Å². The molecule has 1 fully saturated rings. The molecule has 1 aromatic heterocycles. The number of rotatable bonds is 8. The van der Waals surface area contributed by atoms with Crippen LogP contribution < -0.4 is 5.32 Å². The van der Waals surface area contributed by atoms with Gasteiger partial charge in [0.05, 0.1) is 5.52 Å². The summed E-state index contributed by atoms with van der Waals surface area (Å²) in [5.74, 6) is 0.588. The normalized spacial score (nSPS) is 14.7. The molecule has 41 heavy (non-hydrogen) atoms. The summed E-state index contributed by atoms with van der Waals surface area (Å²) in [7, 11) is 0. The first-order valence-electron chi connectivity index (χ1n) is 14.9. The van der Waals surface area contributed by atoms with E-state index >= 15 is 0 Å². The third kappa shape index (κ3) is 6.05. The number of anilines is 1. The second kappa shape index (κ2) is 12.1. The fourth-order valence-corrected chi connectivity index (χ4v) is 6.35. The molecule has 0 atom stereocenters. The van der Waals surface area contributed by atoms with E-state index in [4.69, 9.17) is 11.6 Å². The van der Waals surface area contributed by atoms with Gasteiger partial charge >= 0.3 is 0 Å². The molecule has 210 valence electrons. The Balaban J connectivity index is 1.14. The molecule has 0 saturated carbocycles. The summed E-state index contributed by atoms with van der Waals surface area (Å²) in [6.07, 6.45) is 3.39. The van der Waals surface area contributed by atoms with Crippen LogP contribution >= 0.6 is 11.6 Å². The first-order chi connectivity index (χ1) is 20.0. The topological polar surface area (TPSA) is 37.3 Å². The lowest BCUT2D eigenvalue weighted by Gasteiger charge is -2.32. The number of likely N-dealkylation sites (tertiary alicyclic amines) is 1. The van der Waals surface area contributed by atoms with Crippen molar-refractivity contribution in [3.63, 3.8) is 0 Å². The predicted molar refractivity (Wildman–Crippen MR) is 173 cm³/mol. The van der Waals surface area contributed by atoms with Crippen molar-refractivity contribution in [1.29, 1.82) is 0 Å². The Morgan fingerprint density at radius 1 is 0.878 bits per heavy atom. The maximum absolute atomic E-state index is 12.2. The second-order valence-electron chi connectivity index (χ2n) is 11.7. The second-order valence-corrected chi connectivity index (χ2v) is 12.1. The molecule has 1 aliphatic heterocycles. The number of carbonyl (C=O) groups is 1. The van der Waals surface area contributed by atoms with Gasteiger partial charge in [0, 0.05) is 39.6 Å². The van der Waals surface area contributed by atoms with Gasteiger partial charge in [0.25, 0.3) is 0 Å². The molecule has 0 radical (unpaired) electrons. The number of fused-ring (bicyclic) bond motifs is 3. The standard InChI is InChI=1S/C36H38ClN3O/c1-25(2)36(41)38-32-9-5-8-29(23-32)26-17-21-39(22-18-26)19-6-20-40-34(28-13-15-31(37)16-14-28)24-30-12-11-27-7-3-4-10-33(27)35(30)40/h3-5,7-16,23-26H,6,17-22H2,1-2H3,(H,38,41). The molecule has 2 heterocycles. The van der Waals surface area contributed by atoms with Gasteiger partial charge in [-0.2, -0.15) is 0 Å². The van der Waals surface area contributed by atoms with Crippen molar-refractivity contribution in [2.45, 2.75) is 45.6 Å². The Hall–Kier alpha value is -3.60. The van der Waals surface area contributed by atoms with Crippen LogP contribution in [0.1, 0.15) is 44.6 Å². The van der Waals surface area contributed by atoms with Crippen LogP contribution in [0.3, 0.4) is 0 Å². The van der Waals surface area contributed by atoms with Crippen LogP contribution in [0.4, 0.5) is 5.69 Å². The van der Waals surface area contributed by atoms with Gasteiger partial charge in [0.2, 0.25) is 5.91 Å². The number of carbonyl (C=O) groups excluding carboxylic acids is 1. The number of aryl methyl sites for hydroxylation is 1. The number of piperidine rings is 1. The van der Waals surface area contributed by atoms with E-state index in [-0.39, 0.29) is 11.8 Å². The third-order valence-electron chi connectivity index (χ3n) is 8.52. The zero-order chi connectivity index (χ0) is 28.3. The third-order valence-corrected chi connectivity index (χ3v) is 8.77. The minimum atomic E-state index is -0.0209. The molecule has 0 spiro atoms. The highest BCUT2D eigenvalue weighted by molar-refractivity contribution is 6.30. The molecule has 4 aromatic carbocycles. The molecule has 5 aromatic rings. The smallest absolute Gasteiger partial charge is 0.226 e. The van der Waals surface area contributed by atoms with Crippen LogP contribution in [-0.4, -0.2) is 35.0 Å². The van der Waals surface area contributed by atoms with Crippen LogP contribution in [0.5, 0.6) is 0 Å². The number of amides is 1. The number of aromatic nitrogens is 1. The molecule has 1 N–H and O–H groups in total. The van der Waals surface area contributed by atoms with Gasteiger partial charge in [-0.25, -0.2) is 0 Å². The van der Waals surface area contributed by atoms with Crippen molar-refractivity contribution < 1.29 is 4.79 Å². The molecule has 1 aliphatic rings. The summed E-state index contributed by atoms with van der Waals surface area (Å²) < 4.78 is 2.52. The number of hydrogen-bond acceptors (Lipinski definition) is 2. The number of nitrogens with one attached hydrogen (secondary N) is 1. The van der Waals surface area contributed by atoms with Crippen LogP contribution in [0, 0.1) is 5.92 Å². The average Bonchev–Trinajstić information content (AvgIpc) is 3.37. The molecule has 0 bridgehead atoms. The van der Waals surface area contributed by atoms with E-state index in [9.17, 15) is 4.79 Å². The highest BCUT2D eigenvalue weighted by Gasteiger charge is 2.21. The molecule has 0 unspecified atom stereocenters. The van der Waals surface area contributed by atoms with E-state index in [1.807, 2.05) is 32.0 Å². The van der Waals surface area contributed by atoms with Gasteiger partial charge in [-0.3, -0.25) is 4.79 Å². The molecule has 1 amide bonds. The average molecular weight is 564 g/mol. The Bertz CT molecular complexity index is 1660. The Kier molecular flexibility index (Phi) is 8.13. The first-order valence-corrected chi connectivity index (χ1v) is 15.2. The van der Waals surface area contributed by atoms with Crippen molar-refractivity contribution in [1.82, 2.24) is 9.47 Å². The Morgan fingerprint density at radius 3 is 2.41 bits per heavy atom. The van der Waals surface area contributed by atoms with Crippen LogP contribution in [0.2, 0.25) is 5.02 Å². The predicted octanol–water partition coefficient (Wildman–Crippen LogP) is 8.98. The van der Waals surface area contributed by atoms with E-state index in [0.29, 0.717) is 5.92 Å². The fourth-order valence-electron chi connectivity index (χ4n) is 6.23. The monoisotopic (exact) mass is 563 g/mol. The first kappa shape index (κ1) is 27.6. The van der Waals surface area contributed by atoms with E-state index in [1.165, 1.54) is 38.5 Å². The lowest BCUT2D eigenvalue weighted by molar-refractivity contribution is -0.118.